The van der Waals surface area contributed by atoms with Gasteiger partial charge < -0.3 is 4.74 Å². The van der Waals surface area contributed by atoms with Crippen molar-refractivity contribution in [2.45, 2.75) is 65.2 Å². The monoisotopic (exact) mass is 332 g/mol. The van der Waals surface area contributed by atoms with E-state index >= 15 is 0 Å². The summed E-state index contributed by atoms with van der Waals surface area (Å²) >= 11 is 0. The van der Waals surface area contributed by atoms with Crippen LogP contribution in [0.5, 0.6) is 5.75 Å². The van der Waals surface area contributed by atoms with Crippen LogP contribution in [0.4, 0.5) is 4.39 Å². The molecule has 0 amide bonds. The molecule has 0 spiro atoms. The number of rotatable bonds is 3. The maximum Gasteiger partial charge on any atom is 0.314 e. The second kappa shape index (κ2) is 7.67. The van der Waals surface area contributed by atoms with Gasteiger partial charge in [-0.25, -0.2) is 4.39 Å². The van der Waals surface area contributed by atoms with E-state index in [1.54, 1.807) is 19.1 Å². The van der Waals surface area contributed by atoms with Crippen LogP contribution in [-0.2, 0) is 4.79 Å². The highest BCUT2D eigenvalue weighted by Crippen LogP contribution is 2.41. The maximum atomic E-state index is 13.6. The first-order valence-corrected chi connectivity index (χ1v) is 9.50. The number of halogens is 1. The van der Waals surface area contributed by atoms with E-state index in [0.717, 1.165) is 43.4 Å². The van der Waals surface area contributed by atoms with Gasteiger partial charge in [-0.15, -0.1) is 0 Å². The molecule has 1 aromatic carbocycles. The molecular formula is C21H29FO2. The van der Waals surface area contributed by atoms with Gasteiger partial charge >= 0.3 is 5.97 Å². The quantitative estimate of drug-likeness (QED) is 0.526. The molecule has 2 saturated carbocycles. The smallest absolute Gasteiger partial charge is 0.314 e. The summed E-state index contributed by atoms with van der Waals surface area (Å²) in [6.07, 6.45) is 9.58. The molecular weight excluding hydrogens is 303 g/mol. The van der Waals surface area contributed by atoms with Crippen LogP contribution in [0.25, 0.3) is 0 Å². The number of carbonyl (C=O) groups excluding carboxylic acids is 1. The fourth-order valence-corrected chi connectivity index (χ4v) is 4.42. The second-order valence-corrected chi connectivity index (χ2v) is 7.96. The van der Waals surface area contributed by atoms with Gasteiger partial charge in [-0.2, -0.15) is 0 Å². The summed E-state index contributed by atoms with van der Waals surface area (Å²) in [6, 6.07) is 4.63. The van der Waals surface area contributed by atoms with Crippen LogP contribution in [0.2, 0.25) is 0 Å². The van der Waals surface area contributed by atoms with Crippen LogP contribution >= 0.6 is 0 Å². The number of aryl methyl sites for hydroxylation is 1. The molecule has 0 heterocycles. The van der Waals surface area contributed by atoms with Crippen LogP contribution in [0.3, 0.4) is 0 Å². The van der Waals surface area contributed by atoms with Gasteiger partial charge in [0.05, 0.1) is 5.92 Å². The van der Waals surface area contributed by atoms with E-state index < -0.39 is 0 Å². The summed E-state index contributed by atoms with van der Waals surface area (Å²) in [5, 5.41) is 0. The summed E-state index contributed by atoms with van der Waals surface area (Å²) in [7, 11) is 0. The molecule has 2 aliphatic carbocycles. The molecule has 2 nitrogen and oxygen atoms in total. The van der Waals surface area contributed by atoms with Crippen LogP contribution in [0, 0.1) is 36.4 Å². The molecule has 132 valence electrons. The first-order valence-electron chi connectivity index (χ1n) is 9.50. The third-order valence-corrected chi connectivity index (χ3v) is 6.19. The highest BCUT2D eigenvalue weighted by Gasteiger charge is 2.33. The number of hydrogen-bond acceptors (Lipinski definition) is 2. The normalized spacial score (nSPS) is 30.8. The molecule has 0 aromatic heterocycles. The molecule has 0 atom stereocenters. The number of ether oxygens (including phenoxy) is 1. The van der Waals surface area contributed by atoms with E-state index in [4.69, 9.17) is 4.74 Å². The minimum atomic E-state index is -0.324. The van der Waals surface area contributed by atoms with E-state index in [1.807, 2.05) is 0 Å². The molecule has 3 heteroatoms. The molecule has 1 aromatic rings. The van der Waals surface area contributed by atoms with Crippen molar-refractivity contribution in [3.8, 4) is 5.75 Å². The number of hydrogen-bond donors (Lipinski definition) is 0. The summed E-state index contributed by atoms with van der Waals surface area (Å²) in [5.41, 5.74) is 0.567. The fourth-order valence-electron chi connectivity index (χ4n) is 4.42. The molecule has 0 bridgehead atoms. The fraction of sp³-hybridized carbons (Fsp3) is 0.667. The van der Waals surface area contributed by atoms with E-state index in [9.17, 15) is 9.18 Å². The molecule has 0 aliphatic heterocycles. The van der Waals surface area contributed by atoms with Gasteiger partial charge in [0, 0.05) is 6.07 Å². The van der Waals surface area contributed by atoms with Crippen molar-refractivity contribution >= 4 is 5.97 Å². The van der Waals surface area contributed by atoms with E-state index in [-0.39, 0.29) is 17.7 Å². The number of carbonyl (C=O) groups is 1. The van der Waals surface area contributed by atoms with Gasteiger partial charge in [-0.05, 0) is 74.8 Å². The lowest BCUT2D eigenvalue weighted by Gasteiger charge is -2.36. The summed E-state index contributed by atoms with van der Waals surface area (Å²) in [5.74, 6) is 2.34. The van der Waals surface area contributed by atoms with E-state index in [0.29, 0.717) is 11.3 Å². The Hall–Kier alpha value is -1.38. The first kappa shape index (κ1) is 17.4. The van der Waals surface area contributed by atoms with Crippen LogP contribution in [0.15, 0.2) is 18.2 Å². The van der Waals surface area contributed by atoms with Crippen molar-refractivity contribution < 1.29 is 13.9 Å². The molecule has 0 saturated heterocycles. The topological polar surface area (TPSA) is 26.3 Å². The summed E-state index contributed by atoms with van der Waals surface area (Å²) in [6.45, 7) is 4.06. The first-order chi connectivity index (χ1) is 11.5. The molecule has 3 rings (SSSR count). The highest BCUT2D eigenvalue weighted by molar-refractivity contribution is 5.75. The Kier molecular flexibility index (Phi) is 5.57. The Bertz CT molecular complexity index is 567. The van der Waals surface area contributed by atoms with Crippen molar-refractivity contribution in [1.82, 2.24) is 0 Å². The lowest BCUT2D eigenvalue weighted by atomic mass is 9.69. The Morgan fingerprint density at radius 3 is 2.17 bits per heavy atom. The van der Waals surface area contributed by atoms with Gasteiger partial charge in [0.25, 0.3) is 0 Å². The van der Waals surface area contributed by atoms with E-state index in [1.165, 1.54) is 31.7 Å². The van der Waals surface area contributed by atoms with Gasteiger partial charge in [-0.1, -0.05) is 25.8 Å². The zero-order valence-corrected chi connectivity index (χ0v) is 14.9. The molecule has 2 aliphatic rings. The average Bonchev–Trinajstić information content (AvgIpc) is 2.59. The van der Waals surface area contributed by atoms with Crippen molar-refractivity contribution in [3.05, 3.63) is 29.6 Å². The van der Waals surface area contributed by atoms with Gasteiger partial charge in [0.2, 0.25) is 0 Å². The Labute approximate surface area is 144 Å². The predicted octanol–water partition coefficient (Wildman–Crippen LogP) is 5.67. The lowest BCUT2D eigenvalue weighted by Crippen LogP contribution is -2.29. The Morgan fingerprint density at radius 1 is 1.00 bits per heavy atom. The third-order valence-electron chi connectivity index (χ3n) is 6.19. The predicted molar refractivity (Wildman–Crippen MR) is 93.3 cm³/mol. The minimum absolute atomic E-state index is 0.0203. The zero-order chi connectivity index (χ0) is 17.1. The lowest BCUT2D eigenvalue weighted by molar-refractivity contribution is -0.140. The zero-order valence-electron chi connectivity index (χ0n) is 14.9. The summed E-state index contributed by atoms with van der Waals surface area (Å²) < 4.78 is 19.0. The van der Waals surface area contributed by atoms with Crippen molar-refractivity contribution in [3.63, 3.8) is 0 Å². The van der Waals surface area contributed by atoms with Crippen LogP contribution in [-0.4, -0.2) is 5.97 Å². The minimum Gasteiger partial charge on any atom is -0.426 e. The van der Waals surface area contributed by atoms with Crippen molar-refractivity contribution in [2.75, 3.05) is 0 Å². The third kappa shape index (κ3) is 4.17. The molecule has 24 heavy (non-hydrogen) atoms. The van der Waals surface area contributed by atoms with Gasteiger partial charge in [-0.3, -0.25) is 4.79 Å². The Balaban J connectivity index is 1.49. The summed E-state index contributed by atoms with van der Waals surface area (Å²) in [4.78, 5) is 12.3. The van der Waals surface area contributed by atoms with Gasteiger partial charge in [0.15, 0.2) is 0 Å². The standard InChI is InChI=1S/C21H29FO2/c1-14-3-6-16(7-4-14)17-8-10-18(11-9-17)21(23)24-19-12-5-15(2)20(22)13-19/h5,12-14,16-18H,3-4,6-11H2,1-2H3. The average molecular weight is 332 g/mol. The Morgan fingerprint density at radius 2 is 1.58 bits per heavy atom. The van der Waals surface area contributed by atoms with Crippen LogP contribution in [0.1, 0.15) is 63.9 Å². The van der Waals surface area contributed by atoms with Crippen molar-refractivity contribution in [2.24, 2.45) is 23.7 Å². The molecule has 0 unspecified atom stereocenters. The van der Waals surface area contributed by atoms with Gasteiger partial charge in [0.1, 0.15) is 11.6 Å². The van der Waals surface area contributed by atoms with Crippen LogP contribution < -0.4 is 4.74 Å². The second-order valence-electron chi connectivity index (χ2n) is 7.96. The van der Waals surface area contributed by atoms with Crippen molar-refractivity contribution in [1.29, 1.82) is 0 Å². The number of esters is 1. The molecule has 0 N–H and O–H groups in total. The SMILES string of the molecule is Cc1ccc(OC(=O)C2CCC(C3CCC(C)CC3)CC2)cc1F. The highest BCUT2D eigenvalue weighted by atomic mass is 19.1. The largest absolute Gasteiger partial charge is 0.426 e. The maximum absolute atomic E-state index is 13.6. The molecule has 2 fully saturated rings. The van der Waals surface area contributed by atoms with E-state index in [2.05, 4.69) is 6.92 Å². The molecule has 0 radical (unpaired) electrons. The number of benzene rings is 1.